The van der Waals surface area contributed by atoms with Crippen molar-refractivity contribution in [1.82, 2.24) is 4.98 Å². The molecule has 21 heavy (non-hydrogen) atoms. The Kier molecular flexibility index (Phi) is 4.45. The minimum Gasteiger partial charge on any atom is -0.276 e. The Balaban J connectivity index is 2.52. The van der Waals surface area contributed by atoms with Gasteiger partial charge >= 0.3 is 0 Å². The van der Waals surface area contributed by atoms with Crippen LogP contribution in [0, 0.1) is 10.1 Å². The molecular formula is C11H7BrClN3O4S. The third-order valence-corrected chi connectivity index (χ3v) is 4.60. The highest BCUT2D eigenvalue weighted by Gasteiger charge is 2.26. The molecule has 1 aromatic heterocycles. The van der Waals surface area contributed by atoms with Crippen LogP contribution < -0.4 is 4.72 Å². The van der Waals surface area contributed by atoms with Crippen LogP contribution in [0.3, 0.4) is 0 Å². The van der Waals surface area contributed by atoms with Gasteiger partial charge in [0, 0.05) is 16.7 Å². The van der Waals surface area contributed by atoms with Crippen LogP contribution in [0.5, 0.6) is 0 Å². The largest absolute Gasteiger partial charge is 0.289 e. The monoisotopic (exact) mass is 391 g/mol. The fourth-order valence-corrected chi connectivity index (χ4v) is 3.52. The van der Waals surface area contributed by atoms with Gasteiger partial charge in [0.2, 0.25) is 0 Å². The number of benzene rings is 1. The molecule has 10 heteroatoms. The van der Waals surface area contributed by atoms with Crippen molar-refractivity contribution < 1.29 is 13.3 Å². The van der Waals surface area contributed by atoms with Gasteiger partial charge in [-0.2, -0.15) is 0 Å². The zero-order valence-corrected chi connectivity index (χ0v) is 13.3. The molecule has 0 radical (unpaired) electrons. The first-order valence-corrected chi connectivity index (χ1v) is 8.04. The number of halogens is 2. The van der Waals surface area contributed by atoms with Crippen molar-refractivity contribution in [3.63, 3.8) is 0 Å². The second-order valence-corrected chi connectivity index (χ2v) is 6.74. The molecule has 1 aromatic carbocycles. The number of nitro benzene ring substituents is 1. The van der Waals surface area contributed by atoms with Crippen molar-refractivity contribution in [3.05, 3.63) is 56.3 Å². The molecule has 0 saturated heterocycles. The van der Waals surface area contributed by atoms with E-state index in [2.05, 4.69) is 25.6 Å². The van der Waals surface area contributed by atoms with Crippen LogP contribution in [0.1, 0.15) is 0 Å². The highest BCUT2D eigenvalue weighted by molar-refractivity contribution is 9.10. The van der Waals surface area contributed by atoms with Gasteiger partial charge in [-0.25, -0.2) is 13.4 Å². The summed E-state index contributed by atoms with van der Waals surface area (Å²) in [5.74, 6) is 0. The summed E-state index contributed by atoms with van der Waals surface area (Å²) in [4.78, 5) is 13.4. The van der Waals surface area contributed by atoms with Crippen molar-refractivity contribution in [2.24, 2.45) is 0 Å². The summed E-state index contributed by atoms with van der Waals surface area (Å²) in [6.07, 6.45) is 1.39. The van der Waals surface area contributed by atoms with Crippen molar-refractivity contribution in [2.75, 3.05) is 4.72 Å². The standard InChI is InChI=1S/C11H7BrClN3O4S/c12-7-3-4-9(16(17)18)10(6-7)21(19,20)15-8-2-1-5-14-11(8)13/h1-6,15H. The summed E-state index contributed by atoms with van der Waals surface area (Å²) in [7, 11) is -4.18. The van der Waals surface area contributed by atoms with Crippen molar-refractivity contribution >= 4 is 48.9 Å². The molecule has 0 amide bonds. The molecule has 1 heterocycles. The average molecular weight is 393 g/mol. The van der Waals surface area contributed by atoms with Crippen LogP contribution in [0.4, 0.5) is 11.4 Å². The molecule has 0 aliphatic heterocycles. The molecule has 1 N–H and O–H groups in total. The van der Waals surface area contributed by atoms with Gasteiger partial charge in [-0.05, 0) is 24.3 Å². The summed E-state index contributed by atoms with van der Waals surface area (Å²) in [6, 6.07) is 6.51. The first-order chi connectivity index (χ1) is 9.81. The summed E-state index contributed by atoms with van der Waals surface area (Å²) in [5.41, 5.74) is -0.501. The van der Waals surface area contributed by atoms with E-state index in [4.69, 9.17) is 11.6 Å². The quantitative estimate of drug-likeness (QED) is 0.489. The molecule has 0 aliphatic carbocycles. The van der Waals surface area contributed by atoms with Crippen LogP contribution in [-0.2, 0) is 10.0 Å². The van der Waals surface area contributed by atoms with Gasteiger partial charge in [0.25, 0.3) is 15.7 Å². The van der Waals surface area contributed by atoms with Gasteiger partial charge in [0.15, 0.2) is 10.0 Å². The number of sulfonamides is 1. The first-order valence-electron chi connectivity index (χ1n) is 5.38. The Labute approximate surface area is 133 Å². The van der Waals surface area contributed by atoms with Crippen LogP contribution in [0.25, 0.3) is 0 Å². The molecule has 110 valence electrons. The summed E-state index contributed by atoms with van der Waals surface area (Å²) in [5, 5.41) is 10.9. The normalized spacial score (nSPS) is 11.1. The number of nitrogens with one attached hydrogen (secondary N) is 1. The van der Waals surface area contributed by atoms with Crippen LogP contribution >= 0.6 is 27.5 Å². The molecule has 0 unspecified atom stereocenters. The second kappa shape index (κ2) is 5.96. The minimum absolute atomic E-state index is 0.0356. The minimum atomic E-state index is -4.18. The zero-order valence-electron chi connectivity index (χ0n) is 10.2. The van der Waals surface area contributed by atoms with Gasteiger partial charge in [-0.15, -0.1) is 0 Å². The highest BCUT2D eigenvalue weighted by Crippen LogP contribution is 2.30. The number of hydrogen-bond acceptors (Lipinski definition) is 5. The number of aromatic nitrogens is 1. The Morgan fingerprint density at radius 2 is 2.05 bits per heavy atom. The molecule has 0 bridgehead atoms. The van der Waals surface area contributed by atoms with E-state index in [1.165, 1.54) is 24.4 Å². The molecule has 2 aromatic rings. The summed E-state index contributed by atoms with van der Waals surface area (Å²) < 4.78 is 27.2. The molecule has 0 saturated carbocycles. The number of nitro groups is 1. The molecule has 0 spiro atoms. The van der Waals surface area contributed by atoms with E-state index < -0.39 is 25.5 Å². The average Bonchev–Trinajstić information content (AvgIpc) is 2.41. The smallest absolute Gasteiger partial charge is 0.276 e. The Morgan fingerprint density at radius 3 is 2.67 bits per heavy atom. The lowest BCUT2D eigenvalue weighted by atomic mass is 10.3. The van der Waals surface area contributed by atoms with E-state index >= 15 is 0 Å². The van der Waals surface area contributed by atoms with E-state index in [9.17, 15) is 18.5 Å². The van der Waals surface area contributed by atoms with Crippen LogP contribution in [0.15, 0.2) is 45.9 Å². The maximum Gasteiger partial charge on any atom is 0.289 e. The number of hydrogen-bond donors (Lipinski definition) is 1. The Bertz CT molecular complexity index is 813. The molecule has 2 rings (SSSR count). The van der Waals surface area contributed by atoms with Gasteiger partial charge in [-0.1, -0.05) is 27.5 Å². The fourth-order valence-electron chi connectivity index (χ4n) is 1.52. The predicted octanol–water partition coefficient (Wildman–Crippen LogP) is 3.21. The maximum atomic E-state index is 12.3. The number of nitrogens with zero attached hydrogens (tertiary/aromatic N) is 2. The molecule has 0 fully saturated rings. The van der Waals surface area contributed by atoms with E-state index in [1.54, 1.807) is 0 Å². The van der Waals surface area contributed by atoms with Crippen LogP contribution in [0.2, 0.25) is 5.15 Å². The van der Waals surface area contributed by atoms with Crippen LogP contribution in [-0.4, -0.2) is 18.3 Å². The number of rotatable bonds is 4. The number of anilines is 1. The fraction of sp³-hybridized carbons (Fsp3) is 0. The summed E-state index contributed by atoms with van der Waals surface area (Å²) in [6.45, 7) is 0. The molecular weight excluding hydrogens is 386 g/mol. The molecule has 0 aliphatic rings. The highest BCUT2D eigenvalue weighted by atomic mass is 79.9. The summed E-state index contributed by atoms with van der Waals surface area (Å²) >= 11 is 8.85. The van der Waals surface area contributed by atoms with Gasteiger partial charge in [0.05, 0.1) is 10.6 Å². The third kappa shape index (κ3) is 3.49. The van der Waals surface area contributed by atoms with Gasteiger partial charge in [0.1, 0.15) is 0 Å². The Hall–Kier alpha value is -1.71. The first kappa shape index (κ1) is 15.7. The third-order valence-electron chi connectivity index (χ3n) is 2.41. The second-order valence-electron chi connectivity index (χ2n) is 3.82. The van der Waals surface area contributed by atoms with E-state index in [0.717, 1.165) is 12.1 Å². The predicted molar refractivity (Wildman–Crippen MR) is 80.9 cm³/mol. The van der Waals surface area contributed by atoms with Crippen molar-refractivity contribution in [1.29, 1.82) is 0 Å². The maximum absolute atomic E-state index is 12.3. The number of pyridine rings is 1. The van der Waals surface area contributed by atoms with E-state index in [0.29, 0.717) is 4.47 Å². The van der Waals surface area contributed by atoms with Crippen molar-refractivity contribution in [3.8, 4) is 0 Å². The van der Waals surface area contributed by atoms with Crippen molar-refractivity contribution in [2.45, 2.75) is 4.90 Å². The lowest BCUT2D eigenvalue weighted by Gasteiger charge is -2.09. The van der Waals surface area contributed by atoms with Gasteiger partial charge < -0.3 is 0 Å². The lowest BCUT2D eigenvalue weighted by molar-refractivity contribution is -0.387. The van der Waals surface area contributed by atoms with Gasteiger partial charge in [-0.3, -0.25) is 14.8 Å². The topological polar surface area (TPSA) is 102 Å². The zero-order chi connectivity index (χ0) is 15.6. The molecule has 7 nitrogen and oxygen atoms in total. The molecule has 0 atom stereocenters. The SMILES string of the molecule is O=[N+]([O-])c1ccc(Br)cc1S(=O)(=O)Nc1cccnc1Cl. The van der Waals surface area contributed by atoms with E-state index in [1.807, 2.05) is 0 Å². The Morgan fingerprint density at radius 1 is 1.33 bits per heavy atom. The van der Waals surface area contributed by atoms with E-state index in [-0.39, 0.29) is 10.8 Å². The lowest BCUT2D eigenvalue weighted by Crippen LogP contribution is -2.15.